The van der Waals surface area contributed by atoms with E-state index in [1.807, 2.05) is 32.0 Å². The smallest absolute Gasteiger partial charge is 0.273 e. The van der Waals surface area contributed by atoms with Gasteiger partial charge in [0, 0.05) is 16.8 Å². The van der Waals surface area contributed by atoms with Crippen LogP contribution in [0, 0.1) is 13.8 Å². The van der Waals surface area contributed by atoms with Crippen LogP contribution < -0.4 is 5.32 Å². The second kappa shape index (κ2) is 6.29. The topological polar surface area (TPSA) is 83.6 Å². The summed E-state index contributed by atoms with van der Waals surface area (Å²) < 4.78 is 0.908. The molecule has 0 bridgehead atoms. The Hall–Kier alpha value is -2.19. The van der Waals surface area contributed by atoms with Crippen LogP contribution in [0.1, 0.15) is 21.1 Å². The van der Waals surface area contributed by atoms with Gasteiger partial charge in [0.05, 0.1) is 0 Å². The van der Waals surface area contributed by atoms with Crippen molar-refractivity contribution >= 4 is 34.7 Å². The van der Waals surface area contributed by atoms with Crippen LogP contribution in [0.2, 0.25) is 0 Å². The first-order valence-electron chi connectivity index (χ1n) is 6.51. The minimum Gasteiger partial charge on any atom is -0.320 e. The van der Waals surface area contributed by atoms with E-state index in [-0.39, 0.29) is 5.91 Å². The summed E-state index contributed by atoms with van der Waals surface area (Å²) in [5.41, 5.74) is 2.19. The van der Waals surface area contributed by atoms with Gasteiger partial charge in [-0.25, -0.2) is 0 Å². The second-order valence-electron chi connectivity index (χ2n) is 4.59. The Morgan fingerprint density at radius 1 is 1.27 bits per heavy atom. The zero-order valence-electron chi connectivity index (χ0n) is 12.0. The Bertz CT molecular complexity index is 797. The first-order valence-corrected chi connectivity index (χ1v) is 8.14. The molecule has 112 valence electrons. The monoisotopic (exact) mass is 331 g/mol. The third kappa shape index (κ3) is 3.34. The van der Waals surface area contributed by atoms with E-state index >= 15 is 0 Å². The molecule has 6 nitrogen and oxygen atoms in total. The lowest BCUT2D eigenvalue weighted by Crippen LogP contribution is -2.13. The van der Waals surface area contributed by atoms with Crippen molar-refractivity contribution in [3.05, 3.63) is 46.7 Å². The standard InChI is InChI=1S/C14H13N5OS2/c1-8-7-10(22-14-19-17-9(2)21-14)3-4-11(8)16-13(20)12-5-6-15-18-12/h3-7H,1-2H3,(H,15,18)(H,16,20). The van der Waals surface area contributed by atoms with Crippen molar-refractivity contribution in [1.82, 2.24) is 20.4 Å². The maximum atomic E-state index is 12.0. The molecule has 0 unspecified atom stereocenters. The van der Waals surface area contributed by atoms with E-state index in [9.17, 15) is 4.79 Å². The van der Waals surface area contributed by atoms with Crippen LogP contribution in [0.4, 0.5) is 5.69 Å². The first-order chi connectivity index (χ1) is 10.6. The summed E-state index contributed by atoms with van der Waals surface area (Å²) in [6.45, 7) is 3.89. The Labute approximate surface area is 135 Å². The van der Waals surface area contributed by atoms with Gasteiger partial charge < -0.3 is 5.32 Å². The quantitative estimate of drug-likeness (QED) is 0.766. The molecule has 0 aliphatic rings. The lowest BCUT2D eigenvalue weighted by molar-refractivity contribution is 0.102. The summed E-state index contributed by atoms with van der Waals surface area (Å²) in [6.07, 6.45) is 1.55. The lowest BCUT2D eigenvalue weighted by Gasteiger charge is -2.08. The summed E-state index contributed by atoms with van der Waals surface area (Å²) >= 11 is 3.13. The fourth-order valence-electron chi connectivity index (χ4n) is 1.83. The molecule has 0 fully saturated rings. The Morgan fingerprint density at radius 3 is 2.77 bits per heavy atom. The normalized spacial score (nSPS) is 10.6. The zero-order valence-corrected chi connectivity index (χ0v) is 13.6. The van der Waals surface area contributed by atoms with Crippen LogP contribution in [-0.2, 0) is 0 Å². The number of H-pyrrole nitrogens is 1. The van der Waals surface area contributed by atoms with E-state index in [1.54, 1.807) is 35.4 Å². The van der Waals surface area contributed by atoms with E-state index in [4.69, 9.17) is 0 Å². The number of nitrogens with zero attached hydrogens (tertiary/aromatic N) is 3. The maximum Gasteiger partial charge on any atom is 0.273 e. The van der Waals surface area contributed by atoms with Crippen LogP contribution in [0.3, 0.4) is 0 Å². The molecule has 0 atom stereocenters. The molecular weight excluding hydrogens is 318 g/mol. The zero-order chi connectivity index (χ0) is 15.5. The van der Waals surface area contributed by atoms with Crippen molar-refractivity contribution in [3.63, 3.8) is 0 Å². The van der Waals surface area contributed by atoms with Crippen molar-refractivity contribution in [2.75, 3.05) is 5.32 Å². The summed E-state index contributed by atoms with van der Waals surface area (Å²) in [4.78, 5) is 13.1. The molecule has 0 saturated heterocycles. The van der Waals surface area contributed by atoms with E-state index in [1.165, 1.54) is 0 Å². The van der Waals surface area contributed by atoms with Gasteiger partial charge in [-0.2, -0.15) is 5.10 Å². The van der Waals surface area contributed by atoms with Gasteiger partial charge in [-0.15, -0.1) is 10.2 Å². The summed E-state index contributed by atoms with van der Waals surface area (Å²) in [5.74, 6) is -0.208. The minimum absolute atomic E-state index is 0.208. The van der Waals surface area contributed by atoms with Crippen LogP contribution in [0.5, 0.6) is 0 Å². The highest BCUT2D eigenvalue weighted by atomic mass is 32.2. The molecule has 3 rings (SSSR count). The number of nitrogens with one attached hydrogen (secondary N) is 2. The highest BCUT2D eigenvalue weighted by molar-refractivity contribution is 8.01. The van der Waals surface area contributed by atoms with Gasteiger partial charge in [-0.05, 0) is 43.7 Å². The average molecular weight is 331 g/mol. The molecule has 0 aliphatic carbocycles. The lowest BCUT2D eigenvalue weighted by atomic mass is 10.2. The predicted octanol–water partition coefficient (Wildman–Crippen LogP) is 3.28. The third-order valence-corrected chi connectivity index (χ3v) is 4.78. The SMILES string of the molecule is Cc1nnc(Sc2ccc(NC(=O)c3ccn[nH]3)c(C)c2)s1. The number of aryl methyl sites for hydroxylation is 2. The van der Waals surface area contributed by atoms with E-state index < -0.39 is 0 Å². The predicted molar refractivity (Wildman–Crippen MR) is 86.5 cm³/mol. The molecular formula is C14H13N5OS2. The number of hydrogen-bond acceptors (Lipinski definition) is 6. The number of hydrogen-bond donors (Lipinski definition) is 2. The molecule has 8 heteroatoms. The van der Waals surface area contributed by atoms with Crippen LogP contribution in [0.15, 0.2) is 39.7 Å². The molecule has 1 aromatic carbocycles. The summed E-state index contributed by atoms with van der Waals surface area (Å²) in [5, 5.41) is 18.3. The van der Waals surface area contributed by atoms with Gasteiger partial charge in [-0.1, -0.05) is 23.1 Å². The number of aromatic nitrogens is 4. The van der Waals surface area contributed by atoms with Crippen molar-refractivity contribution in [2.24, 2.45) is 0 Å². The van der Waals surface area contributed by atoms with Crippen molar-refractivity contribution in [1.29, 1.82) is 0 Å². The second-order valence-corrected chi connectivity index (χ2v) is 7.09. The van der Waals surface area contributed by atoms with Gasteiger partial charge in [0.1, 0.15) is 10.7 Å². The van der Waals surface area contributed by atoms with Gasteiger partial charge in [0.2, 0.25) is 0 Å². The third-order valence-electron chi connectivity index (χ3n) is 2.90. The Balaban J connectivity index is 1.73. The van der Waals surface area contributed by atoms with Crippen molar-refractivity contribution in [3.8, 4) is 0 Å². The largest absolute Gasteiger partial charge is 0.320 e. The van der Waals surface area contributed by atoms with Crippen LogP contribution >= 0.6 is 23.1 Å². The van der Waals surface area contributed by atoms with Crippen LogP contribution in [-0.4, -0.2) is 26.3 Å². The minimum atomic E-state index is -0.208. The molecule has 0 spiro atoms. The molecule has 2 heterocycles. The highest BCUT2D eigenvalue weighted by Crippen LogP contribution is 2.32. The van der Waals surface area contributed by atoms with Crippen molar-refractivity contribution < 1.29 is 4.79 Å². The van der Waals surface area contributed by atoms with E-state index in [0.29, 0.717) is 5.69 Å². The number of carbonyl (C=O) groups excluding carboxylic acids is 1. The summed E-state index contributed by atoms with van der Waals surface area (Å²) in [6, 6.07) is 7.49. The van der Waals surface area contributed by atoms with Crippen LogP contribution in [0.25, 0.3) is 0 Å². The molecule has 22 heavy (non-hydrogen) atoms. The molecule has 1 amide bonds. The molecule has 3 aromatic rings. The number of rotatable bonds is 4. The van der Waals surface area contributed by atoms with Crippen molar-refractivity contribution in [2.45, 2.75) is 23.1 Å². The number of carbonyl (C=O) groups is 1. The molecule has 0 aliphatic heterocycles. The highest BCUT2D eigenvalue weighted by Gasteiger charge is 2.10. The fraction of sp³-hybridized carbons (Fsp3) is 0.143. The van der Waals surface area contributed by atoms with Gasteiger partial charge >= 0.3 is 0 Å². The number of amides is 1. The molecule has 2 N–H and O–H groups in total. The number of anilines is 1. The van der Waals surface area contributed by atoms with E-state index in [0.717, 1.165) is 25.5 Å². The molecule has 0 saturated carbocycles. The first kappa shape index (κ1) is 14.7. The Kier molecular flexibility index (Phi) is 4.21. The average Bonchev–Trinajstić information content (AvgIpc) is 3.13. The van der Waals surface area contributed by atoms with Gasteiger partial charge in [0.15, 0.2) is 4.34 Å². The molecule has 0 radical (unpaired) electrons. The number of benzene rings is 1. The summed E-state index contributed by atoms with van der Waals surface area (Å²) in [7, 11) is 0. The Morgan fingerprint density at radius 2 is 2.14 bits per heavy atom. The van der Waals surface area contributed by atoms with E-state index in [2.05, 4.69) is 25.7 Å². The maximum absolute atomic E-state index is 12.0. The number of aromatic amines is 1. The molecule has 2 aromatic heterocycles. The van der Waals surface area contributed by atoms with Gasteiger partial charge in [-0.3, -0.25) is 9.89 Å². The fourth-order valence-corrected chi connectivity index (χ4v) is 3.72. The van der Waals surface area contributed by atoms with Gasteiger partial charge in [0.25, 0.3) is 5.91 Å².